The topological polar surface area (TPSA) is 73.9 Å². The van der Waals surface area contributed by atoms with Crippen LogP contribution in [0.1, 0.15) is 11.1 Å². The normalized spacial score (nSPS) is 17.1. The van der Waals surface area contributed by atoms with Gasteiger partial charge in [0.05, 0.1) is 12.0 Å². The quantitative estimate of drug-likeness (QED) is 0.600. The van der Waals surface area contributed by atoms with E-state index in [9.17, 15) is 21.6 Å². The highest BCUT2D eigenvalue weighted by atomic mass is 32.2. The van der Waals surface area contributed by atoms with Gasteiger partial charge < -0.3 is 9.64 Å². The van der Waals surface area contributed by atoms with Gasteiger partial charge in [-0.1, -0.05) is 24.3 Å². The zero-order valence-electron chi connectivity index (χ0n) is 18.8. The van der Waals surface area contributed by atoms with Crippen LogP contribution in [0.2, 0.25) is 0 Å². The van der Waals surface area contributed by atoms with Crippen molar-refractivity contribution in [3.8, 4) is 5.75 Å². The van der Waals surface area contributed by atoms with Gasteiger partial charge in [0.15, 0.2) is 6.04 Å². The van der Waals surface area contributed by atoms with Crippen LogP contribution in [0.4, 0.5) is 13.2 Å². The third-order valence-corrected chi connectivity index (χ3v) is 6.54. The minimum absolute atomic E-state index is 0.0502. The van der Waals surface area contributed by atoms with Crippen molar-refractivity contribution in [2.45, 2.75) is 24.0 Å². The van der Waals surface area contributed by atoms with Gasteiger partial charge in [0.2, 0.25) is 0 Å². The first kappa shape index (κ1) is 24.9. The summed E-state index contributed by atoms with van der Waals surface area (Å²) < 4.78 is 76.1. The lowest BCUT2D eigenvalue weighted by Gasteiger charge is -2.26. The van der Waals surface area contributed by atoms with Gasteiger partial charge in [-0.2, -0.15) is 13.2 Å². The van der Waals surface area contributed by atoms with Crippen molar-refractivity contribution in [1.29, 1.82) is 0 Å². The minimum atomic E-state index is -4.67. The zero-order valence-corrected chi connectivity index (χ0v) is 19.6. The fraction of sp³-hybridized carbons (Fsp3) is 0.364. The van der Waals surface area contributed by atoms with E-state index in [0.29, 0.717) is 17.9 Å². The van der Waals surface area contributed by atoms with Crippen molar-refractivity contribution < 1.29 is 26.3 Å². The fourth-order valence-corrected chi connectivity index (χ4v) is 4.63. The molecule has 0 saturated heterocycles. The molecule has 11 heteroatoms. The number of nitrogens with one attached hydrogen (secondary N) is 2. The van der Waals surface area contributed by atoms with Crippen LogP contribution in [0.5, 0.6) is 5.75 Å². The van der Waals surface area contributed by atoms with Gasteiger partial charge in [-0.15, -0.1) is 0 Å². The van der Waals surface area contributed by atoms with Crippen molar-refractivity contribution in [1.82, 2.24) is 20.1 Å². The molecular weight excluding hydrogens is 457 g/mol. The number of aryl methyl sites for hydroxylation is 1. The highest BCUT2D eigenvalue weighted by Crippen LogP contribution is 2.39. The van der Waals surface area contributed by atoms with E-state index in [1.54, 1.807) is 56.3 Å². The van der Waals surface area contributed by atoms with E-state index in [1.807, 2.05) is 0 Å². The van der Waals surface area contributed by atoms with Gasteiger partial charge in [-0.3, -0.25) is 9.73 Å². The number of nitrogens with zero attached hydrogens (tertiary/aromatic N) is 2. The number of hydrogen-bond acceptors (Lipinski definition) is 6. The molecule has 3 rings (SSSR count). The van der Waals surface area contributed by atoms with Crippen LogP contribution in [0.25, 0.3) is 5.57 Å². The molecule has 0 radical (unpaired) electrons. The molecule has 1 heterocycles. The molecule has 1 aliphatic heterocycles. The average molecular weight is 485 g/mol. The highest BCUT2D eigenvalue weighted by molar-refractivity contribution is 7.89. The molecule has 1 atom stereocenters. The molecule has 2 aromatic carbocycles. The Morgan fingerprint density at radius 1 is 1.15 bits per heavy atom. The molecular formula is C22H27F3N4O3S. The Hall–Kier alpha value is -2.76. The second-order valence-electron chi connectivity index (χ2n) is 7.92. The first-order valence-corrected chi connectivity index (χ1v) is 11.6. The lowest BCUT2D eigenvalue weighted by atomic mass is 9.97. The van der Waals surface area contributed by atoms with E-state index in [4.69, 9.17) is 4.74 Å². The molecule has 0 saturated carbocycles. The third-order valence-electron chi connectivity index (χ3n) is 5.19. The molecule has 1 unspecified atom stereocenters. The monoisotopic (exact) mass is 484 g/mol. The Bertz CT molecular complexity index is 1120. The summed E-state index contributed by atoms with van der Waals surface area (Å²) in [5, 5.41) is 1.22. The van der Waals surface area contributed by atoms with Gasteiger partial charge in [0, 0.05) is 18.7 Å². The summed E-state index contributed by atoms with van der Waals surface area (Å²) in [6.45, 7) is 2.22. The number of hydrazine groups is 1. The van der Waals surface area contributed by atoms with Crippen molar-refractivity contribution in [2.75, 3.05) is 34.3 Å². The molecule has 0 bridgehead atoms. The summed E-state index contributed by atoms with van der Waals surface area (Å²) in [6, 6.07) is 10.0. The molecule has 0 amide bonds. The van der Waals surface area contributed by atoms with E-state index in [1.165, 1.54) is 30.3 Å². The number of hydrogen-bond donors (Lipinski definition) is 2. The van der Waals surface area contributed by atoms with Crippen LogP contribution in [-0.2, 0) is 10.0 Å². The Balaban J connectivity index is 2.18. The first-order chi connectivity index (χ1) is 15.4. The summed E-state index contributed by atoms with van der Waals surface area (Å²) in [5.41, 5.74) is 3.12. The Morgan fingerprint density at radius 2 is 1.82 bits per heavy atom. The SMILES string of the molecule is COc1ccc(C2=C(NS(=O)(=O)c3ccccc3)N(CCN(C)C)NC2C(F)(F)F)cc1C. The summed E-state index contributed by atoms with van der Waals surface area (Å²) in [6.07, 6.45) is -4.67. The van der Waals surface area contributed by atoms with Gasteiger partial charge in [0.1, 0.15) is 11.6 Å². The first-order valence-electron chi connectivity index (χ1n) is 10.2. The summed E-state index contributed by atoms with van der Waals surface area (Å²) in [5.74, 6) is 0.359. The van der Waals surface area contributed by atoms with E-state index in [-0.39, 0.29) is 28.4 Å². The van der Waals surface area contributed by atoms with E-state index < -0.39 is 22.2 Å². The van der Waals surface area contributed by atoms with Crippen LogP contribution in [-0.4, -0.2) is 64.8 Å². The van der Waals surface area contributed by atoms with Crippen molar-refractivity contribution >= 4 is 15.6 Å². The smallest absolute Gasteiger partial charge is 0.409 e. The minimum Gasteiger partial charge on any atom is -0.496 e. The van der Waals surface area contributed by atoms with E-state index in [2.05, 4.69) is 10.1 Å². The number of sulfonamides is 1. The molecule has 2 N–H and O–H groups in total. The maximum absolute atomic E-state index is 14.1. The lowest BCUT2D eigenvalue weighted by Crippen LogP contribution is -2.48. The molecule has 1 aliphatic rings. The second kappa shape index (κ2) is 9.62. The Kier molecular flexibility index (Phi) is 7.25. The van der Waals surface area contributed by atoms with Gasteiger partial charge in [-0.25, -0.2) is 13.8 Å². The maximum atomic E-state index is 14.1. The number of rotatable bonds is 8. The lowest BCUT2D eigenvalue weighted by molar-refractivity contribution is -0.147. The number of methoxy groups -OCH3 is 1. The molecule has 0 aromatic heterocycles. The molecule has 0 spiro atoms. The van der Waals surface area contributed by atoms with Gasteiger partial charge in [0.25, 0.3) is 10.0 Å². The highest BCUT2D eigenvalue weighted by Gasteiger charge is 2.49. The number of ether oxygens (including phenoxy) is 1. The summed E-state index contributed by atoms with van der Waals surface area (Å²) in [4.78, 5) is 1.74. The van der Waals surface area contributed by atoms with E-state index in [0.717, 1.165) is 0 Å². The van der Waals surface area contributed by atoms with Crippen LogP contribution in [0, 0.1) is 6.92 Å². The average Bonchev–Trinajstić information content (AvgIpc) is 3.10. The number of halogens is 3. The summed E-state index contributed by atoms with van der Waals surface area (Å²) >= 11 is 0. The second-order valence-corrected chi connectivity index (χ2v) is 9.61. The molecule has 180 valence electrons. The fourth-order valence-electron chi connectivity index (χ4n) is 3.53. The van der Waals surface area contributed by atoms with Crippen molar-refractivity contribution in [2.24, 2.45) is 0 Å². The zero-order chi connectivity index (χ0) is 24.4. The number of benzene rings is 2. The standard InChI is InChI=1S/C22H27F3N4O3S/c1-15-14-16(10-11-18(15)32-4)19-20(22(23,24)25)26-29(13-12-28(2)3)21(19)27-33(30,31)17-8-6-5-7-9-17/h5-11,14,20,26-27H,12-13H2,1-4H3. The predicted octanol–water partition coefficient (Wildman–Crippen LogP) is 2.96. The van der Waals surface area contributed by atoms with Crippen LogP contribution in [0.15, 0.2) is 59.2 Å². The number of likely N-dealkylation sites (N-methyl/N-ethyl adjacent to an activating group) is 1. The third kappa shape index (κ3) is 5.60. The molecule has 0 fully saturated rings. The molecule has 33 heavy (non-hydrogen) atoms. The van der Waals surface area contributed by atoms with Crippen LogP contribution in [0.3, 0.4) is 0 Å². The van der Waals surface area contributed by atoms with Crippen LogP contribution >= 0.6 is 0 Å². The Labute approximate surface area is 191 Å². The Morgan fingerprint density at radius 3 is 2.36 bits per heavy atom. The number of alkyl halides is 3. The van der Waals surface area contributed by atoms with Crippen molar-refractivity contribution in [3.05, 3.63) is 65.5 Å². The van der Waals surface area contributed by atoms with Gasteiger partial charge >= 0.3 is 6.18 Å². The molecule has 0 aliphatic carbocycles. The summed E-state index contributed by atoms with van der Waals surface area (Å²) in [7, 11) is 0.889. The van der Waals surface area contributed by atoms with Crippen LogP contribution < -0.4 is 14.9 Å². The van der Waals surface area contributed by atoms with Crippen molar-refractivity contribution in [3.63, 3.8) is 0 Å². The maximum Gasteiger partial charge on any atom is 0.409 e. The molecule has 7 nitrogen and oxygen atoms in total. The molecule has 2 aromatic rings. The largest absolute Gasteiger partial charge is 0.496 e. The van der Waals surface area contributed by atoms with E-state index >= 15 is 0 Å². The van der Waals surface area contributed by atoms with Gasteiger partial charge in [-0.05, 0) is 56.4 Å². The predicted molar refractivity (Wildman–Crippen MR) is 120 cm³/mol.